The number of hydrogen-bond acceptors (Lipinski definition) is 4. The Bertz CT molecular complexity index is 930. The van der Waals surface area contributed by atoms with Crippen LogP contribution in [0.2, 0.25) is 0 Å². The van der Waals surface area contributed by atoms with Crippen LogP contribution in [0.3, 0.4) is 0 Å². The molecule has 0 atom stereocenters. The summed E-state index contributed by atoms with van der Waals surface area (Å²) < 4.78 is 1.90. The van der Waals surface area contributed by atoms with Crippen molar-refractivity contribution in [2.75, 3.05) is 0 Å². The number of aryl methyl sites for hydroxylation is 1. The first-order valence-corrected chi connectivity index (χ1v) is 8.71. The van der Waals surface area contributed by atoms with Gasteiger partial charge in [-0.25, -0.2) is 9.67 Å². The van der Waals surface area contributed by atoms with E-state index < -0.39 is 0 Å². The van der Waals surface area contributed by atoms with Gasteiger partial charge in [0.1, 0.15) is 0 Å². The molecule has 0 bridgehead atoms. The second-order valence-electron chi connectivity index (χ2n) is 6.72. The third-order valence-electron chi connectivity index (χ3n) is 4.69. The van der Waals surface area contributed by atoms with E-state index in [9.17, 15) is 4.79 Å². The second-order valence-corrected chi connectivity index (χ2v) is 6.72. The van der Waals surface area contributed by atoms with Crippen LogP contribution >= 0.6 is 0 Å². The van der Waals surface area contributed by atoms with Crippen molar-refractivity contribution in [1.82, 2.24) is 25.1 Å². The van der Waals surface area contributed by atoms with Crippen molar-refractivity contribution >= 4 is 16.9 Å². The maximum absolute atomic E-state index is 13.0. The maximum atomic E-state index is 13.0. The molecular formula is C19H21N5O. The molecule has 6 heteroatoms. The zero-order chi connectivity index (χ0) is 17.4. The van der Waals surface area contributed by atoms with Gasteiger partial charge in [0.25, 0.3) is 5.91 Å². The molecule has 0 saturated heterocycles. The number of nitrogens with zero attached hydrogens (tertiary/aromatic N) is 4. The van der Waals surface area contributed by atoms with Crippen LogP contribution in [0.1, 0.15) is 53.5 Å². The molecule has 0 saturated carbocycles. The SMILES string of the molecule is CC(C)n1ncc2c(C(=O)NCc3ccncc3)c3c(nc21)CCC3. The molecule has 6 nitrogen and oxygen atoms in total. The predicted octanol–water partition coefficient (Wildman–Crippen LogP) is 2.83. The third-order valence-corrected chi connectivity index (χ3v) is 4.69. The highest BCUT2D eigenvalue weighted by molar-refractivity contribution is 6.07. The first-order chi connectivity index (χ1) is 12.1. The third kappa shape index (κ3) is 2.77. The lowest BCUT2D eigenvalue weighted by atomic mass is 10.0. The van der Waals surface area contributed by atoms with Gasteiger partial charge in [0.2, 0.25) is 0 Å². The van der Waals surface area contributed by atoms with E-state index in [-0.39, 0.29) is 11.9 Å². The smallest absolute Gasteiger partial charge is 0.252 e. The van der Waals surface area contributed by atoms with Crippen LogP contribution in [0.5, 0.6) is 0 Å². The summed E-state index contributed by atoms with van der Waals surface area (Å²) in [5.74, 6) is -0.0503. The van der Waals surface area contributed by atoms with Gasteiger partial charge >= 0.3 is 0 Å². The lowest BCUT2D eigenvalue weighted by Crippen LogP contribution is -2.24. The van der Waals surface area contributed by atoms with Gasteiger partial charge in [-0.2, -0.15) is 5.10 Å². The standard InChI is InChI=1S/C19H21N5O/c1-12(2)24-18-15(11-22-24)17(14-4-3-5-16(14)23-18)19(25)21-10-13-6-8-20-9-7-13/h6-9,11-12H,3-5,10H2,1-2H3,(H,21,25). The van der Waals surface area contributed by atoms with Crippen molar-refractivity contribution < 1.29 is 4.79 Å². The van der Waals surface area contributed by atoms with Crippen LogP contribution in [0, 0.1) is 0 Å². The molecule has 0 aliphatic heterocycles. The molecule has 1 aliphatic carbocycles. The lowest BCUT2D eigenvalue weighted by molar-refractivity contribution is 0.0951. The molecule has 1 amide bonds. The molecule has 0 unspecified atom stereocenters. The van der Waals surface area contributed by atoms with E-state index in [1.54, 1.807) is 18.6 Å². The van der Waals surface area contributed by atoms with E-state index in [0.29, 0.717) is 6.54 Å². The van der Waals surface area contributed by atoms with E-state index >= 15 is 0 Å². The van der Waals surface area contributed by atoms with Crippen LogP contribution in [-0.4, -0.2) is 25.7 Å². The van der Waals surface area contributed by atoms with Gasteiger partial charge in [-0.3, -0.25) is 9.78 Å². The number of amides is 1. The van der Waals surface area contributed by atoms with E-state index in [2.05, 4.69) is 29.2 Å². The van der Waals surface area contributed by atoms with Gasteiger partial charge in [-0.15, -0.1) is 0 Å². The Morgan fingerprint density at radius 2 is 2.08 bits per heavy atom. The fourth-order valence-electron chi connectivity index (χ4n) is 3.46. The number of hydrogen-bond donors (Lipinski definition) is 1. The Morgan fingerprint density at radius 3 is 2.84 bits per heavy atom. The average Bonchev–Trinajstić information content (AvgIpc) is 3.24. The number of rotatable bonds is 4. The van der Waals surface area contributed by atoms with E-state index in [1.165, 1.54) is 0 Å². The molecule has 3 aromatic heterocycles. The number of nitrogens with one attached hydrogen (secondary N) is 1. The molecule has 0 spiro atoms. The summed E-state index contributed by atoms with van der Waals surface area (Å²) in [6.07, 6.45) is 8.13. The molecule has 0 radical (unpaired) electrons. The van der Waals surface area contributed by atoms with Crippen molar-refractivity contribution in [3.05, 3.63) is 53.1 Å². The van der Waals surface area contributed by atoms with Crippen molar-refractivity contribution in [3.8, 4) is 0 Å². The Hall–Kier alpha value is -2.76. The van der Waals surface area contributed by atoms with Gasteiger partial charge in [0, 0.05) is 30.7 Å². The number of fused-ring (bicyclic) bond motifs is 2. The normalized spacial score (nSPS) is 13.4. The molecule has 128 valence electrons. The molecule has 0 fully saturated rings. The monoisotopic (exact) mass is 335 g/mol. The second kappa shape index (κ2) is 6.27. The highest BCUT2D eigenvalue weighted by Gasteiger charge is 2.26. The van der Waals surface area contributed by atoms with Crippen LogP contribution in [-0.2, 0) is 19.4 Å². The highest BCUT2D eigenvalue weighted by Crippen LogP contribution is 2.30. The molecule has 3 heterocycles. The lowest BCUT2D eigenvalue weighted by Gasteiger charge is -2.12. The van der Waals surface area contributed by atoms with Gasteiger partial charge in [0.15, 0.2) is 5.65 Å². The van der Waals surface area contributed by atoms with Crippen molar-refractivity contribution in [1.29, 1.82) is 0 Å². The highest BCUT2D eigenvalue weighted by atomic mass is 16.1. The summed E-state index contributed by atoms with van der Waals surface area (Å²) in [6.45, 7) is 4.63. The molecule has 0 aromatic carbocycles. The molecule has 1 N–H and O–H groups in total. The van der Waals surface area contributed by atoms with E-state index in [0.717, 1.165) is 52.7 Å². The molecule has 4 rings (SSSR count). The fraction of sp³-hybridized carbons (Fsp3) is 0.368. The Morgan fingerprint density at radius 1 is 1.28 bits per heavy atom. The van der Waals surface area contributed by atoms with Gasteiger partial charge < -0.3 is 5.32 Å². The number of aromatic nitrogens is 4. The number of carbonyl (C=O) groups is 1. The molecule has 3 aromatic rings. The molecule has 1 aliphatic rings. The minimum absolute atomic E-state index is 0.0503. The number of carbonyl (C=O) groups excluding carboxylic acids is 1. The van der Waals surface area contributed by atoms with E-state index in [1.807, 2.05) is 16.8 Å². The largest absolute Gasteiger partial charge is 0.348 e. The minimum atomic E-state index is -0.0503. The summed E-state index contributed by atoms with van der Waals surface area (Å²) in [5.41, 5.74) is 4.72. The summed E-state index contributed by atoms with van der Waals surface area (Å²) in [7, 11) is 0. The molecule has 25 heavy (non-hydrogen) atoms. The van der Waals surface area contributed by atoms with Gasteiger partial charge in [-0.1, -0.05) is 0 Å². The van der Waals surface area contributed by atoms with Crippen LogP contribution in [0.4, 0.5) is 0 Å². The zero-order valence-electron chi connectivity index (χ0n) is 14.5. The quantitative estimate of drug-likeness (QED) is 0.796. The van der Waals surface area contributed by atoms with Crippen molar-refractivity contribution in [2.45, 2.75) is 45.7 Å². The summed E-state index contributed by atoms with van der Waals surface area (Å²) in [4.78, 5) is 21.8. The minimum Gasteiger partial charge on any atom is -0.348 e. The van der Waals surface area contributed by atoms with Gasteiger partial charge in [0.05, 0.1) is 17.1 Å². The first-order valence-electron chi connectivity index (χ1n) is 8.71. The average molecular weight is 335 g/mol. The van der Waals surface area contributed by atoms with Crippen LogP contribution < -0.4 is 5.32 Å². The summed E-state index contributed by atoms with van der Waals surface area (Å²) in [6, 6.07) is 4.02. The van der Waals surface area contributed by atoms with Crippen LogP contribution in [0.15, 0.2) is 30.7 Å². The van der Waals surface area contributed by atoms with Crippen molar-refractivity contribution in [3.63, 3.8) is 0 Å². The number of pyridine rings is 2. The van der Waals surface area contributed by atoms with E-state index in [4.69, 9.17) is 4.98 Å². The predicted molar refractivity (Wildman–Crippen MR) is 95.3 cm³/mol. The van der Waals surface area contributed by atoms with Crippen molar-refractivity contribution in [2.24, 2.45) is 0 Å². The van der Waals surface area contributed by atoms with Crippen LogP contribution in [0.25, 0.3) is 11.0 Å². The summed E-state index contributed by atoms with van der Waals surface area (Å²) in [5, 5.41) is 8.36. The fourth-order valence-corrected chi connectivity index (χ4v) is 3.46. The molecular weight excluding hydrogens is 314 g/mol. The van der Waals surface area contributed by atoms with Gasteiger partial charge in [-0.05, 0) is 56.4 Å². The Labute approximate surface area is 146 Å². The summed E-state index contributed by atoms with van der Waals surface area (Å²) >= 11 is 0. The Balaban J connectivity index is 1.74. The topological polar surface area (TPSA) is 72.7 Å². The Kier molecular flexibility index (Phi) is 3.95. The zero-order valence-corrected chi connectivity index (χ0v) is 14.5. The first kappa shape index (κ1) is 15.7. The maximum Gasteiger partial charge on any atom is 0.252 e.